The van der Waals surface area contributed by atoms with Crippen molar-refractivity contribution in [2.45, 2.75) is 13.3 Å². The van der Waals surface area contributed by atoms with Crippen molar-refractivity contribution < 1.29 is 23.1 Å². The van der Waals surface area contributed by atoms with Crippen molar-refractivity contribution in [3.8, 4) is 5.75 Å². The number of hydrogen-bond donors (Lipinski definition) is 2. The third-order valence-corrected chi connectivity index (χ3v) is 2.66. The number of phenolic OH excluding ortho intramolecular Hbond substituents is 1. The second-order valence-corrected chi connectivity index (χ2v) is 3.91. The van der Waals surface area contributed by atoms with Gasteiger partial charge in [0.1, 0.15) is 0 Å². The molecule has 0 atom stereocenters. The molecule has 0 bridgehead atoms. The molecule has 1 rings (SSSR count). The van der Waals surface area contributed by atoms with Gasteiger partial charge in [0.25, 0.3) is 5.91 Å². The number of rotatable bonds is 5. The van der Waals surface area contributed by atoms with Crippen molar-refractivity contribution in [3.05, 3.63) is 29.1 Å². The van der Waals surface area contributed by atoms with E-state index in [4.69, 9.17) is 10.8 Å². The summed E-state index contributed by atoms with van der Waals surface area (Å²) < 4.78 is 39.6. The fourth-order valence-electron chi connectivity index (χ4n) is 1.60. The molecule has 0 radical (unpaired) electrons. The van der Waals surface area contributed by atoms with Crippen LogP contribution in [0.4, 0.5) is 13.2 Å². The maximum absolute atomic E-state index is 13.6. The molecule has 0 spiro atoms. The lowest BCUT2D eigenvalue weighted by molar-refractivity contribution is 0.0757. The first-order valence-corrected chi connectivity index (χ1v) is 5.79. The molecule has 0 aliphatic rings. The Bertz CT molecular complexity index is 481. The molecule has 1 aromatic rings. The van der Waals surface area contributed by atoms with Crippen LogP contribution in [-0.4, -0.2) is 35.5 Å². The lowest BCUT2D eigenvalue weighted by Crippen LogP contribution is -2.33. The van der Waals surface area contributed by atoms with Gasteiger partial charge in [0.2, 0.25) is 5.82 Å². The van der Waals surface area contributed by atoms with Crippen LogP contribution in [0.3, 0.4) is 0 Å². The number of nitrogens with zero attached hydrogens (tertiary/aromatic N) is 1. The molecule has 0 saturated carbocycles. The van der Waals surface area contributed by atoms with Gasteiger partial charge >= 0.3 is 0 Å². The first-order chi connectivity index (χ1) is 8.93. The SMILES string of the molecule is CCN(CCCN)C(=O)c1cc(F)c(F)c(O)c1F. The molecule has 0 saturated heterocycles. The Kier molecular flexibility index (Phi) is 5.17. The zero-order chi connectivity index (χ0) is 14.6. The highest BCUT2D eigenvalue weighted by Crippen LogP contribution is 2.26. The quantitative estimate of drug-likeness (QED) is 0.803. The summed E-state index contributed by atoms with van der Waals surface area (Å²) in [5, 5.41) is 9.07. The smallest absolute Gasteiger partial charge is 0.257 e. The fraction of sp³-hybridized carbons (Fsp3) is 0.417. The number of benzene rings is 1. The van der Waals surface area contributed by atoms with Gasteiger partial charge < -0.3 is 15.7 Å². The number of carbonyl (C=O) groups is 1. The average molecular weight is 276 g/mol. The van der Waals surface area contributed by atoms with E-state index in [-0.39, 0.29) is 13.1 Å². The third-order valence-electron chi connectivity index (χ3n) is 2.66. The van der Waals surface area contributed by atoms with Crippen molar-refractivity contribution in [2.75, 3.05) is 19.6 Å². The Balaban J connectivity index is 3.11. The number of halogens is 3. The van der Waals surface area contributed by atoms with Gasteiger partial charge in [-0.3, -0.25) is 4.79 Å². The fourth-order valence-corrected chi connectivity index (χ4v) is 1.60. The number of hydrogen-bond acceptors (Lipinski definition) is 3. The van der Waals surface area contributed by atoms with Crippen LogP contribution in [0.15, 0.2) is 6.07 Å². The highest BCUT2D eigenvalue weighted by Gasteiger charge is 2.25. The van der Waals surface area contributed by atoms with E-state index in [1.54, 1.807) is 6.92 Å². The number of aromatic hydroxyl groups is 1. The molecule has 106 valence electrons. The van der Waals surface area contributed by atoms with Crippen molar-refractivity contribution in [1.82, 2.24) is 4.90 Å². The molecular formula is C12H15F3N2O2. The van der Waals surface area contributed by atoms with E-state index in [2.05, 4.69) is 0 Å². The van der Waals surface area contributed by atoms with Gasteiger partial charge in [0.15, 0.2) is 17.4 Å². The summed E-state index contributed by atoms with van der Waals surface area (Å²) in [5.41, 5.74) is 4.61. The molecule has 0 unspecified atom stereocenters. The molecule has 0 fully saturated rings. The summed E-state index contributed by atoms with van der Waals surface area (Å²) in [7, 11) is 0. The standard InChI is InChI=1S/C12H15F3N2O2/c1-2-17(5-3-4-16)12(19)7-6-8(13)10(15)11(18)9(7)14/h6,18H,2-5,16H2,1H3. The van der Waals surface area contributed by atoms with E-state index in [1.807, 2.05) is 0 Å². The zero-order valence-electron chi connectivity index (χ0n) is 10.4. The molecule has 0 aliphatic carbocycles. The third kappa shape index (κ3) is 3.17. The number of nitrogens with two attached hydrogens (primary N) is 1. The molecule has 1 aromatic carbocycles. The topological polar surface area (TPSA) is 66.6 Å². The predicted molar refractivity (Wildman–Crippen MR) is 63.2 cm³/mol. The summed E-state index contributed by atoms with van der Waals surface area (Å²) >= 11 is 0. The van der Waals surface area contributed by atoms with Gasteiger partial charge in [-0.05, 0) is 26.0 Å². The monoisotopic (exact) mass is 276 g/mol. The molecule has 0 heterocycles. The average Bonchev–Trinajstić information content (AvgIpc) is 2.41. The van der Waals surface area contributed by atoms with Crippen molar-refractivity contribution in [2.24, 2.45) is 5.73 Å². The highest BCUT2D eigenvalue weighted by molar-refractivity contribution is 5.95. The van der Waals surface area contributed by atoms with Crippen molar-refractivity contribution in [3.63, 3.8) is 0 Å². The predicted octanol–water partition coefficient (Wildman–Crippen LogP) is 1.62. The van der Waals surface area contributed by atoms with Gasteiger partial charge in [-0.1, -0.05) is 0 Å². The minimum absolute atomic E-state index is 0.262. The van der Waals surface area contributed by atoms with Crippen LogP contribution < -0.4 is 5.73 Å². The van der Waals surface area contributed by atoms with Crippen LogP contribution >= 0.6 is 0 Å². The summed E-state index contributed by atoms with van der Waals surface area (Å²) in [5.74, 6) is -6.95. The Hall–Kier alpha value is -1.76. The van der Waals surface area contributed by atoms with Crippen LogP contribution in [0.5, 0.6) is 5.75 Å². The lowest BCUT2D eigenvalue weighted by atomic mass is 10.1. The molecule has 1 amide bonds. The normalized spacial score (nSPS) is 10.6. The lowest BCUT2D eigenvalue weighted by Gasteiger charge is -2.21. The first-order valence-electron chi connectivity index (χ1n) is 5.79. The molecule has 19 heavy (non-hydrogen) atoms. The van der Waals surface area contributed by atoms with E-state index in [9.17, 15) is 18.0 Å². The Labute approximate surface area is 108 Å². The molecule has 0 aromatic heterocycles. The van der Waals surface area contributed by atoms with E-state index >= 15 is 0 Å². The number of phenols is 1. The highest BCUT2D eigenvalue weighted by atomic mass is 19.2. The van der Waals surface area contributed by atoms with E-state index in [1.165, 1.54) is 4.90 Å². The molecule has 3 N–H and O–H groups in total. The van der Waals surface area contributed by atoms with Gasteiger partial charge in [-0.15, -0.1) is 0 Å². The van der Waals surface area contributed by atoms with Gasteiger partial charge in [-0.2, -0.15) is 4.39 Å². The maximum atomic E-state index is 13.6. The van der Waals surface area contributed by atoms with Gasteiger partial charge in [0, 0.05) is 13.1 Å². The van der Waals surface area contributed by atoms with Crippen LogP contribution in [0.1, 0.15) is 23.7 Å². The number of carbonyl (C=O) groups excluding carboxylic acids is 1. The van der Waals surface area contributed by atoms with E-state index < -0.39 is 34.7 Å². The zero-order valence-corrected chi connectivity index (χ0v) is 10.4. The summed E-state index contributed by atoms with van der Waals surface area (Å²) in [6, 6.07) is 0.442. The second kappa shape index (κ2) is 6.42. The molecule has 7 heteroatoms. The van der Waals surface area contributed by atoms with Crippen LogP contribution in [-0.2, 0) is 0 Å². The van der Waals surface area contributed by atoms with Gasteiger partial charge in [0.05, 0.1) is 5.56 Å². The molecule has 4 nitrogen and oxygen atoms in total. The number of amides is 1. The van der Waals surface area contributed by atoms with Crippen LogP contribution in [0, 0.1) is 17.5 Å². The van der Waals surface area contributed by atoms with Crippen molar-refractivity contribution in [1.29, 1.82) is 0 Å². The summed E-state index contributed by atoms with van der Waals surface area (Å²) in [4.78, 5) is 13.2. The van der Waals surface area contributed by atoms with Crippen LogP contribution in [0.2, 0.25) is 0 Å². The first kappa shape index (κ1) is 15.3. The molecule has 0 aliphatic heterocycles. The van der Waals surface area contributed by atoms with Crippen LogP contribution in [0.25, 0.3) is 0 Å². The van der Waals surface area contributed by atoms with E-state index in [0.29, 0.717) is 19.0 Å². The minimum Gasteiger partial charge on any atom is -0.503 e. The van der Waals surface area contributed by atoms with E-state index in [0.717, 1.165) is 0 Å². The largest absolute Gasteiger partial charge is 0.503 e. The summed E-state index contributed by atoms with van der Waals surface area (Å²) in [6.45, 7) is 2.53. The Morgan fingerprint density at radius 1 is 1.37 bits per heavy atom. The second-order valence-electron chi connectivity index (χ2n) is 3.91. The van der Waals surface area contributed by atoms with Gasteiger partial charge in [-0.25, -0.2) is 8.78 Å². The minimum atomic E-state index is -1.71. The maximum Gasteiger partial charge on any atom is 0.257 e. The summed E-state index contributed by atoms with van der Waals surface area (Å²) in [6.07, 6.45) is 0.497. The Morgan fingerprint density at radius 2 is 2.00 bits per heavy atom. The molecular weight excluding hydrogens is 261 g/mol. The van der Waals surface area contributed by atoms with Crippen molar-refractivity contribution >= 4 is 5.91 Å². The Morgan fingerprint density at radius 3 is 2.53 bits per heavy atom.